The third-order valence-corrected chi connectivity index (χ3v) is 2.30. The summed E-state index contributed by atoms with van der Waals surface area (Å²) in [5.41, 5.74) is 0.870. The number of aromatic amines is 1. The maximum absolute atomic E-state index is 13.4. The van der Waals surface area contributed by atoms with Crippen molar-refractivity contribution in [2.75, 3.05) is 0 Å². The van der Waals surface area contributed by atoms with Crippen LogP contribution in [0.25, 0.3) is 11.3 Å². The van der Waals surface area contributed by atoms with Crippen LogP contribution < -0.4 is 0 Å². The highest BCUT2D eigenvalue weighted by atomic mass is 19.1. The van der Waals surface area contributed by atoms with Gasteiger partial charge in [0.25, 0.3) is 0 Å². The van der Waals surface area contributed by atoms with Crippen LogP contribution in [0, 0.1) is 18.6 Å². The first-order chi connectivity index (χ1) is 7.63. The van der Waals surface area contributed by atoms with Gasteiger partial charge in [0.05, 0.1) is 5.56 Å². The van der Waals surface area contributed by atoms with Crippen LogP contribution in [0.5, 0.6) is 0 Å². The zero-order valence-electron chi connectivity index (χ0n) is 8.42. The van der Waals surface area contributed by atoms with Gasteiger partial charge in [-0.1, -0.05) is 0 Å². The summed E-state index contributed by atoms with van der Waals surface area (Å²) in [6, 6.07) is 3.03. The van der Waals surface area contributed by atoms with Crippen LogP contribution in [-0.4, -0.2) is 16.5 Å². The second-order valence-electron chi connectivity index (χ2n) is 3.35. The summed E-state index contributed by atoms with van der Waals surface area (Å²) in [6.07, 6.45) is 0.568. The Morgan fingerprint density at radius 2 is 2.12 bits per heavy atom. The van der Waals surface area contributed by atoms with Crippen molar-refractivity contribution in [1.29, 1.82) is 0 Å². The van der Waals surface area contributed by atoms with Crippen molar-refractivity contribution in [2.45, 2.75) is 6.92 Å². The summed E-state index contributed by atoms with van der Waals surface area (Å²) in [4.78, 5) is 10.8. The van der Waals surface area contributed by atoms with Gasteiger partial charge in [-0.25, -0.2) is 8.78 Å². The normalized spacial score (nSPS) is 10.4. The number of halogens is 2. The molecule has 0 atom stereocenters. The van der Waals surface area contributed by atoms with Crippen molar-refractivity contribution in [1.82, 2.24) is 10.2 Å². The molecule has 1 heterocycles. The van der Waals surface area contributed by atoms with Crippen LogP contribution in [0.3, 0.4) is 0 Å². The lowest BCUT2D eigenvalue weighted by Crippen LogP contribution is -1.91. The number of rotatable bonds is 2. The van der Waals surface area contributed by atoms with Gasteiger partial charge in [0.2, 0.25) is 0 Å². The summed E-state index contributed by atoms with van der Waals surface area (Å²) in [5, 5.41) is 6.36. The molecule has 0 saturated heterocycles. The monoisotopic (exact) mass is 222 g/mol. The van der Waals surface area contributed by atoms with Crippen LogP contribution in [0.2, 0.25) is 0 Å². The van der Waals surface area contributed by atoms with Crippen molar-refractivity contribution in [2.24, 2.45) is 0 Å². The molecule has 2 aromatic rings. The molecule has 0 saturated carbocycles. The topological polar surface area (TPSA) is 45.8 Å². The standard InChI is InChI=1S/C11H8F2N2O/c1-6-9(5-16)11(15-14-6)8-4-7(12)2-3-10(8)13/h2-5H,1H3,(H,14,15). The number of nitrogens with zero attached hydrogens (tertiary/aromatic N) is 1. The van der Waals surface area contributed by atoms with Crippen molar-refractivity contribution >= 4 is 6.29 Å². The Labute approximate surface area is 90.1 Å². The number of aryl methyl sites for hydroxylation is 1. The molecule has 0 aliphatic heterocycles. The first kappa shape index (κ1) is 10.5. The van der Waals surface area contributed by atoms with E-state index in [0.717, 1.165) is 18.2 Å². The van der Waals surface area contributed by atoms with E-state index in [1.807, 2.05) is 0 Å². The molecule has 0 radical (unpaired) electrons. The van der Waals surface area contributed by atoms with Crippen molar-refractivity contribution in [3.05, 3.63) is 41.1 Å². The predicted molar refractivity (Wildman–Crippen MR) is 54.1 cm³/mol. The molecule has 1 aromatic carbocycles. The molecule has 0 fully saturated rings. The lowest BCUT2D eigenvalue weighted by atomic mass is 10.1. The smallest absolute Gasteiger partial charge is 0.154 e. The molecule has 1 N–H and O–H groups in total. The molecule has 16 heavy (non-hydrogen) atoms. The van der Waals surface area contributed by atoms with E-state index < -0.39 is 11.6 Å². The van der Waals surface area contributed by atoms with Gasteiger partial charge in [0.15, 0.2) is 6.29 Å². The van der Waals surface area contributed by atoms with Crippen LogP contribution in [-0.2, 0) is 0 Å². The predicted octanol–water partition coefficient (Wildman–Crippen LogP) is 2.48. The second-order valence-corrected chi connectivity index (χ2v) is 3.35. The number of aromatic nitrogens is 2. The lowest BCUT2D eigenvalue weighted by molar-refractivity contribution is 0.112. The summed E-state index contributed by atoms with van der Waals surface area (Å²) in [5.74, 6) is -1.19. The number of benzene rings is 1. The summed E-state index contributed by atoms with van der Waals surface area (Å²) >= 11 is 0. The highest BCUT2D eigenvalue weighted by Crippen LogP contribution is 2.25. The van der Waals surface area contributed by atoms with Crippen molar-refractivity contribution < 1.29 is 13.6 Å². The number of carbonyl (C=O) groups excluding carboxylic acids is 1. The summed E-state index contributed by atoms with van der Waals surface area (Å²) in [7, 11) is 0. The first-order valence-electron chi connectivity index (χ1n) is 4.59. The molecule has 0 aliphatic rings. The number of aldehydes is 1. The molecule has 82 valence electrons. The minimum atomic E-state index is -0.615. The summed E-state index contributed by atoms with van der Waals surface area (Å²) < 4.78 is 26.4. The van der Waals surface area contributed by atoms with Crippen LogP contribution in [0.1, 0.15) is 16.1 Å². The van der Waals surface area contributed by atoms with E-state index in [0.29, 0.717) is 12.0 Å². The Bertz CT molecular complexity index is 549. The Morgan fingerprint density at radius 3 is 2.81 bits per heavy atom. The molecule has 0 unspecified atom stereocenters. The average Bonchev–Trinajstić information content (AvgIpc) is 2.63. The fourth-order valence-electron chi connectivity index (χ4n) is 1.47. The van der Waals surface area contributed by atoms with E-state index in [9.17, 15) is 13.6 Å². The van der Waals surface area contributed by atoms with Gasteiger partial charge >= 0.3 is 0 Å². The lowest BCUT2D eigenvalue weighted by Gasteiger charge is -2.00. The van der Waals surface area contributed by atoms with Gasteiger partial charge in [0, 0.05) is 11.3 Å². The fourth-order valence-corrected chi connectivity index (χ4v) is 1.47. The molecular formula is C11H8F2N2O. The number of carbonyl (C=O) groups is 1. The van der Waals surface area contributed by atoms with Crippen LogP contribution in [0.15, 0.2) is 18.2 Å². The minimum absolute atomic E-state index is 0.0218. The molecule has 0 spiro atoms. The minimum Gasteiger partial charge on any atom is -0.298 e. The van der Waals surface area contributed by atoms with Crippen molar-refractivity contribution in [3.8, 4) is 11.3 Å². The summed E-state index contributed by atoms with van der Waals surface area (Å²) in [6.45, 7) is 1.64. The average molecular weight is 222 g/mol. The SMILES string of the molecule is Cc1[nH]nc(-c2cc(F)ccc2F)c1C=O. The third-order valence-electron chi connectivity index (χ3n) is 2.30. The molecule has 2 rings (SSSR count). The van der Waals surface area contributed by atoms with E-state index in [1.165, 1.54) is 0 Å². The number of hydrogen-bond donors (Lipinski definition) is 1. The molecule has 0 bridgehead atoms. The van der Waals surface area contributed by atoms with Gasteiger partial charge in [0.1, 0.15) is 17.3 Å². The highest BCUT2D eigenvalue weighted by molar-refractivity contribution is 5.87. The number of nitrogens with one attached hydrogen (secondary N) is 1. The molecule has 3 nitrogen and oxygen atoms in total. The highest BCUT2D eigenvalue weighted by Gasteiger charge is 2.15. The van der Waals surface area contributed by atoms with E-state index in [1.54, 1.807) is 6.92 Å². The van der Waals surface area contributed by atoms with Gasteiger partial charge in [-0.05, 0) is 25.1 Å². The maximum atomic E-state index is 13.4. The second kappa shape index (κ2) is 3.84. The van der Waals surface area contributed by atoms with E-state index in [2.05, 4.69) is 10.2 Å². The zero-order chi connectivity index (χ0) is 11.7. The quantitative estimate of drug-likeness (QED) is 0.793. The van der Waals surface area contributed by atoms with E-state index in [4.69, 9.17) is 0 Å². The Morgan fingerprint density at radius 1 is 1.38 bits per heavy atom. The van der Waals surface area contributed by atoms with Gasteiger partial charge in [-0.2, -0.15) is 5.10 Å². The van der Waals surface area contributed by atoms with E-state index in [-0.39, 0.29) is 16.8 Å². The molecule has 1 aromatic heterocycles. The molecular weight excluding hydrogens is 214 g/mol. The van der Waals surface area contributed by atoms with Gasteiger partial charge in [-0.3, -0.25) is 9.89 Å². The number of H-pyrrole nitrogens is 1. The van der Waals surface area contributed by atoms with Gasteiger partial charge < -0.3 is 0 Å². The fraction of sp³-hybridized carbons (Fsp3) is 0.0909. The Balaban J connectivity index is 2.66. The molecule has 0 aliphatic carbocycles. The number of hydrogen-bond acceptors (Lipinski definition) is 2. The zero-order valence-corrected chi connectivity index (χ0v) is 8.42. The molecule has 0 amide bonds. The Hall–Kier alpha value is -2.04. The third kappa shape index (κ3) is 1.60. The van der Waals surface area contributed by atoms with E-state index >= 15 is 0 Å². The van der Waals surface area contributed by atoms with Crippen LogP contribution >= 0.6 is 0 Å². The largest absolute Gasteiger partial charge is 0.298 e. The van der Waals surface area contributed by atoms with Gasteiger partial charge in [-0.15, -0.1) is 0 Å². The van der Waals surface area contributed by atoms with Crippen molar-refractivity contribution in [3.63, 3.8) is 0 Å². The maximum Gasteiger partial charge on any atom is 0.154 e. The Kier molecular flexibility index (Phi) is 2.52. The van der Waals surface area contributed by atoms with Crippen LogP contribution in [0.4, 0.5) is 8.78 Å². The first-order valence-corrected chi connectivity index (χ1v) is 4.59. The molecule has 5 heteroatoms.